The summed E-state index contributed by atoms with van der Waals surface area (Å²) < 4.78 is 10.7. The predicted molar refractivity (Wildman–Crippen MR) is 109 cm³/mol. The predicted octanol–water partition coefficient (Wildman–Crippen LogP) is 2.75. The van der Waals surface area contributed by atoms with Crippen molar-refractivity contribution in [2.45, 2.75) is 31.5 Å². The van der Waals surface area contributed by atoms with Crippen LogP contribution in [0.5, 0.6) is 5.75 Å². The Hall–Kier alpha value is -2.38. The number of methoxy groups -OCH3 is 1. The molecule has 2 aromatic rings. The van der Waals surface area contributed by atoms with Gasteiger partial charge in [0.25, 0.3) is 0 Å². The van der Waals surface area contributed by atoms with Gasteiger partial charge in [0, 0.05) is 13.1 Å². The zero-order valence-corrected chi connectivity index (χ0v) is 17.1. The molecule has 0 radical (unpaired) electrons. The van der Waals surface area contributed by atoms with E-state index in [4.69, 9.17) is 9.47 Å². The van der Waals surface area contributed by atoms with Crippen molar-refractivity contribution in [2.75, 3.05) is 20.2 Å². The zero-order chi connectivity index (χ0) is 20.4. The van der Waals surface area contributed by atoms with Gasteiger partial charge in [0.1, 0.15) is 11.9 Å². The van der Waals surface area contributed by atoms with Gasteiger partial charge in [-0.05, 0) is 71.3 Å². The third-order valence-corrected chi connectivity index (χ3v) is 6.67. The Bertz CT molecular complexity index is 851. The van der Waals surface area contributed by atoms with Crippen LogP contribution < -0.4 is 4.74 Å². The van der Waals surface area contributed by atoms with Gasteiger partial charge in [0.15, 0.2) is 0 Å². The number of hydrogen-bond acceptors (Lipinski definition) is 6. The van der Waals surface area contributed by atoms with Crippen molar-refractivity contribution in [1.29, 1.82) is 0 Å². The molecule has 1 amide bonds. The SMILES string of the molecule is COC(=O)c1ccc(O[C@H]2C[C@@H]3CN(C(=O)Cc4ccsc4)C[C@@H]3C[C@@H]2O)cc1. The van der Waals surface area contributed by atoms with E-state index in [0.717, 1.165) is 12.1 Å². The van der Waals surface area contributed by atoms with Crippen molar-refractivity contribution in [1.82, 2.24) is 4.90 Å². The second-order valence-electron chi connectivity index (χ2n) is 7.84. The standard InChI is InChI=1S/C22H25NO5S/c1-27-22(26)15-2-4-18(5-3-15)28-20-10-17-12-23(11-16(17)9-19(20)24)21(25)8-14-6-7-29-13-14/h2-7,13,16-17,19-20,24H,8-12H2,1H3/t16-,17+,19-,20-/m0/s1. The van der Waals surface area contributed by atoms with Crippen molar-refractivity contribution < 1.29 is 24.2 Å². The summed E-state index contributed by atoms with van der Waals surface area (Å²) in [6, 6.07) is 8.73. The number of fused-ring (bicyclic) bond motifs is 1. The maximum Gasteiger partial charge on any atom is 0.337 e. The highest BCUT2D eigenvalue weighted by Crippen LogP contribution is 2.38. The molecule has 1 aromatic heterocycles. The van der Waals surface area contributed by atoms with Gasteiger partial charge in [0.2, 0.25) is 5.91 Å². The van der Waals surface area contributed by atoms with E-state index in [2.05, 4.69) is 0 Å². The summed E-state index contributed by atoms with van der Waals surface area (Å²) in [4.78, 5) is 26.1. The van der Waals surface area contributed by atoms with E-state index in [-0.39, 0.29) is 12.0 Å². The first-order valence-electron chi connectivity index (χ1n) is 9.85. The highest BCUT2D eigenvalue weighted by atomic mass is 32.1. The average Bonchev–Trinajstić information content (AvgIpc) is 3.37. The largest absolute Gasteiger partial charge is 0.488 e. The van der Waals surface area contributed by atoms with Crippen molar-refractivity contribution in [2.24, 2.45) is 11.8 Å². The number of likely N-dealkylation sites (tertiary alicyclic amines) is 1. The number of esters is 1. The molecule has 2 heterocycles. The summed E-state index contributed by atoms with van der Waals surface area (Å²) in [7, 11) is 1.34. The van der Waals surface area contributed by atoms with Crippen LogP contribution in [0.25, 0.3) is 0 Å². The lowest BCUT2D eigenvalue weighted by molar-refractivity contribution is -0.129. The molecule has 4 atom stereocenters. The topological polar surface area (TPSA) is 76.1 Å². The number of carbonyl (C=O) groups excluding carboxylic acids is 2. The fraction of sp³-hybridized carbons (Fsp3) is 0.455. The number of nitrogens with zero attached hydrogens (tertiary/aromatic N) is 1. The molecule has 6 nitrogen and oxygen atoms in total. The van der Waals surface area contributed by atoms with Crippen LogP contribution in [-0.4, -0.2) is 54.3 Å². The minimum atomic E-state index is -0.566. The Morgan fingerprint density at radius 1 is 1.14 bits per heavy atom. The van der Waals surface area contributed by atoms with Crippen molar-refractivity contribution >= 4 is 23.2 Å². The molecule has 0 unspecified atom stereocenters. The van der Waals surface area contributed by atoms with Crippen LogP contribution in [-0.2, 0) is 16.0 Å². The number of carbonyl (C=O) groups is 2. The van der Waals surface area contributed by atoms with E-state index >= 15 is 0 Å². The molecule has 1 saturated carbocycles. The first-order valence-corrected chi connectivity index (χ1v) is 10.8. The fourth-order valence-corrected chi connectivity index (χ4v) is 5.03. The number of aliphatic hydroxyl groups excluding tert-OH is 1. The van der Waals surface area contributed by atoms with Gasteiger partial charge in [-0.15, -0.1) is 0 Å². The van der Waals surface area contributed by atoms with E-state index in [0.29, 0.717) is 49.0 Å². The molecule has 2 fully saturated rings. The second kappa shape index (κ2) is 8.55. The number of hydrogen-bond donors (Lipinski definition) is 1. The number of amides is 1. The van der Waals surface area contributed by atoms with Crippen molar-refractivity contribution in [3.63, 3.8) is 0 Å². The molecule has 1 aliphatic carbocycles. The molecular formula is C22H25NO5S. The maximum absolute atomic E-state index is 12.6. The van der Waals surface area contributed by atoms with Crippen LogP contribution in [0.15, 0.2) is 41.1 Å². The maximum atomic E-state index is 12.6. The van der Waals surface area contributed by atoms with Crippen LogP contribution in [0.2, 0.25) is 0 Å². The van der Waals surface area contributed by atoms with Gasteiger partial charge in [-0.1, -0.05) is 0 Å². The second-order valence-corrected chi connectivity index (χ2v) is 8.62. The lowest BCUT2D eigenvalue weighted by Gasteiger charge is -2.35. The number of benzene rings is 1. The third kappa shape index (κ3) is 4.46. The summed E-state index contributed by atoms with van der Waals surface area (Å²) in [6.45, 7) is 1.44. The van der Waals surface area contributed by atoms with E-state index in [1.54, 1.807) is 35.6 Å². The van der Waals surface area contributed by atoms with E-state index < -0.39 is 12.1 Å². The fourth-order valence-electron chi connectivity index (χ4n) is 4.36. The Morgan fingerprint density at radius 3 is 2.52 bits per heavy atom. The first kappa shape index (κ1) is 19.9. The van der Waals surface area contributed by atoms with Gasteiger partial charge in [-0.2, -0.15) is 11.3 Å². The molecule has 1 N–H and O–H groups in total. The number of ether oxygens (including phenoxy) is 2. The van der Waals surface area contributed by atoms with E-state index in [9.17, 15) is 14.7 Å². The molecule has 1 aromatic carbocycles. The minimum absolute atomic E-state index is 0.156. The van der Waals surface area contributed by atoms with E-state index in [1.807, 2.05) is 21.7 Å². The van der Waals surface area contributed by atoms with Crippen LogP contribution in [0.4, 0.5) is 0 Å². The number of rotatable bonds is 5. The Morgan fingerprint density at radius 2 is 1.86 bits per heavy atom. The Balaban J connectivity index is 1.35. The monoisotopic (exact) mass is 415 g/mol. The summed E-state index contributed by atoms with van der Waals surface area (Å²) in [5.74, 6) is 1.03. The Labute approximate surface area is 174 Å². The third-order valence-electron chi connectivity index (χ3n) is 5.94. The van der Waals surface area contributed by atoms with Crippen LogP contribution >= 0.6 is 11.3 Å². The lowest BCUT2D eigenvalue weighted by atomic mass is 9.78. The van der Waals surface area contributed by atoms with Crippen LogP contribution in [0.3, 0.4) is 0 Å². The van der Waals surface area contributed by atoms with Gasteiger partial charge in [-0.3, -0.25) is 4.79 Å². The minimum Gasteiger partial charge on any atom is -0.488 e. The van der Waals surface area contributed by atoms with Crippen LogP contribution in [0.1, 0.15) is 28.8 Å². The molecule has 4 rings (SSSR count). The number of thiophene rings is 1. The quantitative estimate of drug-likeness (QED) is 0.760. The first-order chi connectivity index (χ1) is 14.0. The Kier molecular flexibility index (Phi) is 5.87. The number of aliphatic hydroxyl groups is 1. The summed E-state index contributed by atoms with van der Waals surface area (Å²) in [6.07, 6.45) is 0.915. The summed E-state index contributed by atoms with van der Waals surface area (Å²) in [5, 5.41) is 14.6. The zero-order valence-electron chi connectivity index (χ0n) is 16.3. The van der Waals surface area contributed by atoms with E-state index in [1.165, 1.54) is 7.11 Å². The van der Waals surface area contributed by atoms with Gasteiger partial charge < -0.3 is 19.5 Å². The molecule has 0 spiro atoms. The normalized spacial score (nSPS) is 26.1. The van der Waals surface area contributed by atoms with Gasteiger partial charge >= 0.3 is 5.97 Å². The molecule has 154 valence electrons. The molecule has 1 aliphatic heterocycles. The molecule has 7 heteroatoms. The smallest absolute Gasteiger partial charge is 0.337 e. The van der Waals surface area contributed by atoms with Gasteiger partial charge in [0.05, 0.1) is 25.2 Å². The van der Waals surface area contributed by atoms with Crippen molar-refractivity contribution in [3.05, 3.63) is 52.2 Å². The highest BCUT2D eigenvalue weighted by Gasteiger charge is 2.43. The van der Waals surface area contributed by atoms with Crippen molar-refractivity contribution in [3.8, 4) is 5.75 Å². The highest BCUT2D eigenvalue weighted by molar-refractivity contribution is 7.08. The molecule has 0 bridgehead atoms. The van der Waals surface area contributed by atoms with Gasteiger partial charge in [-0.25, -0.2) is 4.79 Å². The van der Waals surface area contributed by atoms with Crippen LogP contribution in [0, 0.1) is 11.8 Å². The molecule has 1 saturated heterocycles. The summed E-state index contributed by atoms with van der Waals surface area (Å²) >= 11 is 1.60. The molecule has 29 heavy (non-hydrogen) atoms. The average molecular weight is 416 g/mol. The molecular weight excluding hydrogens is 390 g/mol. The molecule has 2 aliphatic rings. The summed E-state index contributed by atoms with van der Waals surface area (Å²) in [5.41, 5.74) is 1.52. The lowest BCUT2D eigenvalue weighted by Crippen LogP contribution is -2.42.